The first-order valence-corrected chi connectivity index (χ1v) is 5.08. The Morgan fingerprint density at radius 1 is 1.64 bits per heavy atom. The van der Waals surface area contributed by atoms with Crippen molar-refractivity contribution in [2.75, 3.05) is 6.54 Å². The molecule has 0 amide bonds. The molecule has 5 nitrogen and oxygen atoms in total. The maximum absolute atomic E-state index is 5.41. The topological polar surface area (TPSA) is 68.8 Å². The van der Waals surface area contributed by atoms with Crippen LogP contribution in [0, 0.1) is 0 Å². The van der Waals surface area contributed by atoms with Crippen molar-refractivity contribution in [3.05, 3.63) is 11.9 Å². The van der Waals surface area contributed by atoms with Gasteiger partial charge in [0.2, 0.25) is 0 Å². The van der Waals surface area contributed by atoms with Crippen LogP contribution in [0.15, 0.2) is 6.20 Å². The van der Waals surface area contributed by atoms with Crippen LogP contribution in [0.25, 0.3) is 0 Å². The number of nitrogens with one attached hydrogen (secondary N) is 1. The monoisotopic (exact) mass is 197 g/mol. The molecule has 14 heavy (non-hydrogen) atoms. The summed E-state index contributed by atoms with van der Waals surface area (Å²) in [6, 6.07) is 0.523. The number of hydrogen-bond donors (Lipinski definition) is 2. The van der Waals surface area contributed by atoms with Crippen LogP contribution in [0.5, 0.6) is 0 Å². The third-order valence-corrected chi connectivity index (χ3v) is 2.19. The minimum Gasteiger partial charge on any atom is -0.329 e. The molecule has 0 aliphatic carbocycles. The average Bonchev–Trinajstić information content (AvgIpc) is 2.63. The van der Waals surface area contributed by atoms with Crippen molar-refractivity contribution >= 4 is 0 Å². The highest BCUT2D eigenvalue weighted by atomic mass is 15.4. The van der Waals surface area contributed by atoms with E-state index in [9.17, 15) is 0 Å². The zero-order chi connectivity index (χ0) is 10.4. The highest BCUT2D eigenvalue weighted by Crippen LogP contribution is 1.95. The van der Waals surface area contributed by atoms with E-state index < -0.39 is 0 Å². The summed E-state index contributed by atoms with van der Waals surface area (Å²) in [5, 5.41) is 11.3. The first-order chi connectivity index (χ1) is 6.76. The predicted octanol–water partition coefficient (Wildman–Crippen LogP) is 0.125. The Morgan fingerprint density at radius 3 is 3.07 bits per heavy atom. The lowest BCUT2D eigenvalue weighted by atomic mass is 10.2. The van der Waals surface area contributed by atoms with Gasteiger partial charge in [-0.05, 0) is 13.3 Å². The molecule has 80 valence electrons. The van der Waals surface area contributed by atoms with Gasteiger partial charge in [0.05, 0.1) is 12.2 Å². The Bertz CT molecular complexity index is 257. The van der Waals surface area contributed by atoms with Crippen LogP contribution in [-0.2, 0) is 13.1 Å². The Kier molecular flexibility index (Phi) is 4.55. The van der Waals surface area contributed by atoms with Gasteiger partial charge in [-0.1, -0.05) is 12.1 Å². The molecule has 1 rings (SSSR count). The molecule has 0 fully saturated rings. The molecule has 3 N–H and O–H groups in total. The molecule has 0 bridgehead atoms. The molecular formula is C9H19N5. The Labute approximate surface area is 84.7 Å². The van der Waals surface area contributed by atoms with Gasteiger partial charge in [-0.2, -0.15) is 0 Å². The average molecular weight is 197 g/mol. The smallest absolute Gasteiger partial charge is 0.0964 e. The van der Waals surface area contributed by atoms with Crippen molar-refractivity contribution < 1.29 is 0 Å². The highest BCUT2D eigenvalue weighted by Gasteiger charge is 2.01. The molecule has 1 unspecified atom stereocenters. The summed E-state index contributed by atoms with van der Waals surface area (Å²) in [6.07, 6.45) is 3.05. The van der Waals surface area contributed by atoms with Gasteiger partial charge in [0.25, 0.3) is 0 Å². The van der Waals surface area contributed by atoms with E-state index >= 15 is 0 Å². The molecule has 5 heteroatoms. The first kappa shape index (κ1) is 11.1. The molecule has 1 aromatic heterocycles. The summed E-state index contributed by atoms with van der Waals surface area (Å²) in [6.45, 7) is 6.42. The molecule has 0 aromatic carbocycles. The maximum Gasteiger partial charge on any atom is 0.0964 e. The van der Waals surface area contributed by atoms with E-state index in [1.54, 1.807) is 4.68 Å². The number of hydrogen-bond acceptors (Lipinski definition) is 4. The quantitative estimate of drug-likeness (QED) is 0.680. The molecule has 0 aliphatic rings. The maximum atomic E-state index is 5.41. The lowest BCUT2D eigenvalue weighted by molar-refractivity contribution is 0.528. The Morgan fingerprint density at radius 2 is 2.43 bits per heavy atom. The molecule has 0 spiro atoms. The second-order valence-electron chi connectivity index (χ2n) is 3.45. The van der Waals surface area contributed by atoms with Gasteiger partial charge in [0, 0.05) is 25.3 Å². The van der Waals surface area contributed by atoms with Crippen LogP contribution in [0.1, 0.15) is 26.0 Å². The molecule has 0 radical (unpaired) electrons. The zero-order valence-electron chi connectivity index (χ0n) is 8.90. The van der Waals surface area contributed by atoms with E-state index in [-0.39, 0.29) is 0 Å². The van der Waals surface area contributed by atoms with Gasteiger partial charge in [-0.25, -0.2) is 0 Å². The van der Waals surface area contributed by atoms with Crippen molar-refractivity contribution in [3.8, 4) is 0 Å². The normalized spacial score (nSPS) is 13.1. The lowest BCUT2D eigenvalue weighted by Crippen LogP contribution is -2.24. The van der Waals surface area contributed by atoms with Gasteiger partial charge in [-0.3, -0.25) is 4.68 Å². The lowest BCUT2D eigenvalue weighted by Gasteiger charge is -2.08. The predicted molar refractivity (Wildman–Crippen MR) is 55.7 cm³/mol. The molecule has 1 aromatic rings. The second-order valence-corrected chi connectivity index (χ2v) is 3.45. The summed E-state index contributed by atoms with van der Waals surface area (Å²) in [7, 11) is 0. The van der Waals surface area contributed by atoms with Crippen LogP contribution in [0.2, 0.25) is 0 Å². The first-order valence-electron chi connectivity index (χ1n) is 5.08. The van der Waals surface area contributed by atoms with E-state index in [0.717, 1.165) is 25.2 Å². The minimum atomic E-state index is 0.523. The number of aromatic nitrogens is 3. The molecule has 0 saturated heterocycles. The van der Waals surface area contributed by atoms with E-state index in [4.69, 9.17) is 5.73 Å². The van der Waals surface area contributed by atoms with Crippen LogP contribution in [0.4, 0.5) is 0 Å². The largest absolute Gasteiger partial charge is 0.329 e. The number of rotatable bonds is 6. The summed E-state index contributed by atoms with van der Waals surface area (Å²) < 4.78 is 1.77. The standard InChI is InChI=1S/C9H19N5/c1-3-8(2)11-6-9-7-14(5-4-10)13-12-9/h7-8,11H,3-6,10H2,1-2H3. The molecule has 0 saturated carbocycles. The van der Waals surface area contributed by atoms with Crippen molar-refractivity contribution in [2.24, 2.45) is 5.73 Å². The summed E-state index contributed by atoms with van der Waals surface area (Å²) >= 11 is 0. The van der Waals surface area contributed by atoms with Crippen molar-refractivity contribution in [2.45, 2.75) is 39.4 Å². The van der Waals surface area contributed by atoms with E-state index in [2.05, 4.69) is 29.5 Å². The van der Waals surface area contributed by atoms with Crippen LogP contribution in [-0.4, -0.2) is 27.6 Å². The third-order valence-electron chi connectivity index (χ3n) is 2.19. The van der Waals surface area contributed by atoms with E-state index in [0.29, 0.717) is 12.6 Å². The van der Waals surface area contributed by atoms with Gasteiger partial charge < -0.3 is 11.1 Å². The van der Waals surface area contributed by atoms with Crippen molar-refractivity contribution in [1.29, 1.82) is 0 Å². The molecule has 1 atom stereocenters. The second kappa shape index (κ2) is 5.72. The van der Waals surface area contributed by atoms with Crippen molar-refractivity contribution in [3.63, 3.8) is 0 Å². The molecule has 1 heterocycles. The van der Waals surface area contributed by atoms with Crippen LogP contribution >= 0.6 is 0 Å². The fourth-order valence-electron chi connectivity index (χ4n) is 1.08. The SMILES string of the molecule is CCC(C)NCc1cn(CCN)nn1. The number of nitrogens with two attached hydrogens (primary N) is 1. The third kappa shape index (κ3) is 3.43. The molecule has 0 aliphatic heterocycles. The van der Waals surface area contributed by atoms with E-state index in [1.165, 1.54) is 0 Å². The summed E-state index contributed by atoms with van der Waals surface area (Å²) in [5.74, 6) is 0. The van der Waals surface area contributed by atoms with Crippen LogP contribution < -0.4 is 11.1 Å². The van der Waals surface area contributed by atoms with Gasteiger partial charge >= 0.3 is 0 Å². The van der Waals surface area contributed by atoms with Gasteiger partial charge in [-0.15, -0.1) is 5.10 Å². The molecular weight excluding hydrogens is 178 g/mol. The van der Waals surface area contributed by atoms with E-state index in [1.807, 2.05) is 6.20 Å². The Balaban J connectivity index is 2.35. The fourth-order valence-corrected chi connectivity index (χ4v) is 1.08. The highest BCUT2D eigenvalue weighted by molar-refractivity contribution is 4.91. The zero-order valence-corrected chi connectivity index (χ0v) is 8.90. The van der Waals surface area contributed by atoms with Gasteiger partial charge in [0.15, 0.2) is 0 Å². The summed E-state index contributed by atoms with van der Waals surface area (Å²) in [5.41, 5.74) is 6.38. The summed E-state index contributed by atoms with van der Waals surface area (Å²) in [4.78, 5) is 0. The number of nitrogens with zero attached hydrogens (tertiary/aromatic N) is 3. The van der Waals surface area contributed by atoms with Crippen LogP contribution in [0.3, 0.4) is 0 Å². The van der Waals surface area contributed by atoms with Gasteiger partial charge in [0.1, 0.15) is 0 Å². The Hall–Kier alpha value is -0.940. The fraction of sp³-hybridized carbons (Fsp3) is 0.778. The minimum absolute atomic E-state index is 0.523. The van der Waals surface area contributed by atoms with Crippen molar-refractivity contribution in [1.82, 2.24) is 20.3 Å².